The summed E-state index contributed by atoms with van der Waals surface area (Å²) in [5.74, 6) is -0.341. The fourth-order valence-electron chi connectivity index (χ4n) is 3.24. The Hall–Kier alpha value is -1.88. The van der Waals surface area contributed by atoms with Crippen molar-refractivity contribution >= 4 is 16.9 Å². The number of carbonyl (C=O) groups is 1. The summed E-state index contributed by atoms with van der Waals surface area (Å²) < 4.78 is 26.2. The molecule has 1 unspecified atom stereocenters. The van der Waals surface area contributed by atoms with Crippen molar-refractivity contribution in [1.29, 1.82) is 0 Å². The van der Waals surface area contributed by atoms with Crippen molar-refractivity contribution in [2.24, 2.45) is 0 Å². The number of furan rings is 1. The summed E-state index contributed by atoms with van der Waals surface area (Å²) >= 11 is 0. The summed E-state index contributed by atoms with van der Waals surface area (Å²) in [5, 5.41) is 0.430. The van der Waals surface area contributed by atoms with E-state index in [1.165, 1.54) is 6.07 Å². The predicted molar refractivity (Wildman–Crippen MR) is 90.8 cm³/mol. The maximum absolute atomic E-state index is 15.1. The first-order valence-electron chi connectivity index (χ1n) is 8.30. The Morgan fingerprint density at radius 3 is 2.67 bits per heavy atom. The molecule has 1 heterocycles. The number of likely N-dealkylation sites (N-methyl/N-ethyl adjacent to an activating group) is 1. The average molecular weight is 333 g/mol. The Labute approximate surface area is 141 Å². The first kappa shape index (κ1) is 17.0. The zero-order chi connectivity index (χ0) is 17.6. The number of ether oxygens (including phenoxy) is 1. The van der Waals surface area contributed by atoms with Gasteiger partial charge in [-0.3, -0.25) is 0 Å². The van der Waals surface area contributed by atoms with Gasteiger partial charge in [0, 0.05) is 18.0 Å². The molecule has 1 aromatic carbocycles. The van der Waals surface area contributed by atoms with Crippen LogP contribution in [-0.2, 0) is 17.6 Å². The van der Waals surface area contributed by atoms with E-state index in [1.54, 1.807) is 26.8 Å². The molecule has 0 saturated heterocycles. The van der Waals surface area contributed by atoms with Gasteiger partial charge in [-0.25, -0.2) is 9.18 Å². The minimum Gasteiger partial charge on any atom is -0.461 e. The molecule has 1 aromatic heterocycles. The molecule has 1 aliphatic carbocycles. The SMILES string of the molecule is CN(C)C1CCc2oc3ccc(C(=O)OC(C)(C)C)c(F)c3c2C1. The number of hydrogen-bond acceptors (Lipinski definition) is 4. The lowest BCUT2D eigenvalue weighted by atomic mass is 9.90. The number of carbonyl (C=O) groups excluding carboxylic acids is 1. The maximum Gasteiger partial charge on any atom is 0.341 e. The van der Waals surface area contributed by atoms with E-state index in [9.17, 15) is 4.79 Å². The van der Waals surface area contributed by atoms with Crippen LogP contribution in [0.25, 0.3) is 11.0 Å². The lowest BCUT2D eigenvalue weighted by molar-refractivity contribution is 0.00651. The third-order valence-electron chi connectivity index (χ3n) is 4.47. The quantitative estimate of drug-likeness (QED) is 0.781. The molecule has 2 aromatic rings. The Balaban J connectivity index is 2.06. The Kier molecular flexibility index (Phi) is 4.16. The third-order valence-corrected chi connectivity index (χ3v) is 4.47. The van der Waals surface area contributed by atoms with Gasteiger partial charge in [-0.1, -0.05) is 0 Å². The molecule has 0 saturated carbocycles. The van der Waals surface area contributed by atoms with E-state index < -0.39 is 17.4 Å². The lowest BCUT2D eigenvalue weighted by Gasteiger charge is -2.27. The number of aryl methyl sites for hydroxylation is 1. The van der Waals surface area contributed by atoms with E-state index in [1.807, 2.05) is 14.1 Å². The molecule has 0 spiro atoms. The largest absolute Gasteiger partial charge is 0.461 e. The smallest absolute Gasteiger partial charge is 0.341 e. The van der Waals surface area contributed by atoms with E-state index in [2.05, 4.69) is 4.90 Å². The first-order chi connectivity index (χ1) is 11.2. The van der Waals surface area contributed by atoms with Crippen LogP contribution in [0.15, 0.2) is 16.5 Å². The maximum atomic E-state index is 15.1. The van der Waals surface area contributed by atoms with Gasteiger partial charge in [0.15, 0.2) is 0 Å². The van der Waals surface area contributed by atoms with Crippen LogP contribution >= 0.6 is 0 Å². The summed E-state index contributed by atoms with van der Waals surface area (Å²) in [7, 11) is 4.06. The van der Waals surface area contributed by atoms with Crippen molar-refractivity contribution in [2.45, 2.75) is 51.7 Å². The van der Waals surface area contributed by atoms with Crippen molar-refractivity contribution in [1.82, 2.24) is 4.90 Å². The molecule has 3 rings (SSSR count). The summed E-state index contributed by atoms with van der Waals surface area (Å²) in [4.78, 5) is 14.4. The summed E-state index contributed by atoms with van der Waals surface area (Å²) in [6, 6.07) is 3.47. The molecule has 1 aliphatic rings. The van der Waals surface area contributed by atoms with E-state index in [0.29, 0.717) is 17.0 Å². The summed E-state index contributed by atoms with van der Waals surface area (Å²) in [6.45, 7) is 5.30. The standard InChI is InChI=1S/C19H24FNO3/c1-19(2,3)24-18(22)12-7-9-15-16(17(12)20)13-10-11(21(4)5)6-8-14(13)23-15/h7,9,11H,6,8,10H2,1-5H3. The number of hydrogen-bond donors (Lipinski definition) is 0. The van der Waals surface area contributed by atoms with Gasteiger partial charge in [-0.2, -0.15) is 0 Å². The van der Waals surface area contributed by atoms with Crippen LogP contribution in [0.3, 0.4) is 0 Å². The molecule has 24 heavy (non-hydrogen) atoms. The van der Waals surface area contributed by atoms with Gasteiger partial charge >= 0.3 is 5.97 Å². The fraction of sp³-hybridized carbons (Fsp3) is 0.526. The number of halogens is 1. The molecule has 130 valence electrons. The molecular formula is C19H24FNO3. The second-order valence-corrected chi connectivity index (χ2v) is 7.67. The molecule has 4 nitrogen and oxygen atoms in total. The summed E-state index contributed by atoms with van der Waals surface area (Å²) in [6.07, 6.45) is 2.50. The predicted octanol–water partition coefficient (Wildman–Crippen LogP) is 3.95. The third kappa shape index (κ3) is 3.05. The van der Waals surface area contributed by atoms with Crippen LogP contribution in [0.1, 0.15) is 48.9 Å². The fourth-order valence-corrected chi connectivity index (χ4v) is 3.24. The lowest BCUT2D eigenvalue weighted by Crippen LogP contribution is -2.33. The van der Waals surface area contributed by atoms with Gasteiger partial charge in [0.1, 0.15) is 22.8 Å². The molecule has 0 bridgehead atoms. The van der Waals surface area contributed by atoms with Crippen molar-refractivity contribution < 1.29 is 18.3 Å². The van der Waals surface area contributed by atoms with Crippen molar-refractivity contribution in [2.75, 3.05) is 14.1 Å². The topological polar surface area (TPSA) is 42.7 Å². The molecule has 0 amide bonds. The van der Waals surface area contributed by atoms with Crippen LogP contribution < -0.4 is 0 Å². The molecular weight excluding hydrogens is 309 g/mol. The van der Waals surface area contributed by atoms with Crippen LogP contribution in [-0.4, -0.2) is 36.6 Å². The highest BCUT2D eigenvalue weighted by molar-refractivity contribution is 5.96. The molecule has 1 atom stereocenters. The number of fused-ring (bicyclic) bond motifs is 3. The molecule has 0 aliphatic heterocycles. The van der Waals surface area contributed by atoms with E-state index in [0.717, 1.165) is 30.6 Å². The Morgan fingerprint density at radius 1 is 1.33 bits per heavy atom. The van der Waals surface area contributed by atoms with Crippen molar-refractivity contribution in [3.8, 4) is 0 Å². The first-order valence-corrected chi connectivity index (χ1v) is 8.30. The zero-order valence-electron chi connectivity index (χ0n) is 14.9. The number of rotatable bonds is 2. The van der Waals surface area contributed by atoms with Gasteiger partial charge in [-0.05, 0) is 59.8 Å². The van der Waals surface area contributed by atoms with Crippen molar-refractivity contribution in [3.63, 3.8) is 0 Å². The number of nitrogens with zero attached hydrogens (tertiary/aromatic N) is 1. The second kappa shape index (κ2) is 5.88. The van der Waals surface area contributed by atoms with Crippen LogP contribution in [0, 0.1) is 5.82 Å². The monoisotopic (exact) mass is 333 g/mol. The number of benzene rings is 1. The van der Waals surface area contributed by atoms with Crippen LogP contribution in [0.5, 0.6) is 0 Å². The second-order valence-electron chi connectivity index (χ2n) is 7.67. The Bertz CT molecular complexity index is 786. The van der Waals surface area contributed by atoms with Gasteiger partial charge in [0.2, 0.25) is 0 Å². The zero-order valence-corrected chi connectivity index (χ0v) is 14.9. The van der Waals surface area contributed by atoms with Crippen LogP contribution in [0.4, 0.5) is 4.39 Å². The van der Waals surface area contributed by atoms with E-state index in [4.69, 9.17) is 9.15 Å². The van der Waals surface area contributed by atoms with Crippen LogP contribution in [0.2, 0.25) is 0 Å². The highest BCUT2D eigenvalue weighted by Crippen LogP contribution is 2.36. The Morgan fingerprint density at radius 2 is 2.04 bits per heavy atom. The highest BCUT2D eigenvalue weighted by atomic mass is 19.1. The molecule has 0 N–H and O–H groups in total. The van der Waals surface area contributed by atoms with Gasteiger partial charge in [0.05, 0.1) is 10.9 Å². The van der Waals surface area contributed by atoms with Gasteiger partial charge in [-0.15, -0.1) is 0 Å². The van der Waals surface area contributed by atoms with Crippen molar-refractivity contribution in [3.05, 3.63) is 34.8 Å². The minimum atomic E-state index is -0.662. The molecule has 0 fully saturated rings. The highest BCUT2D eigenvalue weighted by Gasteiger charge is 2.29. The number of esters is 1. The summed E-state index contributed by atoms with van der Waals surface area (Å²) in [5.41, 5.74) is 0.694. The van der Waals surface area contributed by atoms with E-state index in [-0.39, 0.29) is 5.56 Å². The normalized spacial score (nSPS) is 18.0. The van der Waals surface area contributed by atoms with E-state index >= 15 is 4.39 Å². The molecule has 0 radical (unpaired) electrons. The van der Waals surface area contributed by atoms with Gasteiger partial charge in [0.25, 0.3) is 0 Å². The van der Waals surface area contributed by atoms with Gasteiger partial charge < -0.3 is 14.1 Å². The molecule has 5 heteroatoms. The minimum absolute atomic E-state index is 0.0343. The average Bonchev–Trinajstić information content (AvgIpc) is 2.83.